The fourth-order valence-electron chi connectivity index (χ4n) is 2.09. The van der Waals surface area contributed by atoms with E-state index in [9.17, 15) is 8.42 Å². The summed E-state index contributed by atoms with van der Waals surface area (Å²) < 4.78 is 27.2. The van der Waals surface area contributed by atoms with Crippen molar-refractivity contribution in [1.29, 1.82) is 0 Å². The zero-order valence-electron chi connectivity index (χ0n) is 12.7. The van der Waals surface area contributed by atoms with E-state index in [4.69, 9.17) is 0 Å². The second-order valence-electron chi connectivity index (χ2n) is 5.24. The first-order valence-electron chi connectivity index (χ1n) is 7.03. The van der Waals surface area contributed by atoms with Gasteiger partial charge in [-0.25, -0.2) is 13.4 Å². The van der Waals surface area contributed by atoms with E-state index in [0.29, 0.717) is 11.5 Å². The Morgan fingerprint density at radius 2 is 1.61 bits per heavy atom. The molecule has 0 bridgehead atoms. The second kappa shape index (κ2) is 5.85. The lowest BCUT2D eigenvalue weighted by Crippen LogP contribution is -2.12. The molecular formula is C16H16N4O2S. The summed E-state index contributed by atoms with van der Waals surface area (Å²) >= 11 is 0. The largest absolute Gasteiger partial charge is 0.280 e. The third-order valence-corrected chi connectivity index (χ3v) is 4.72. The normalized spacial score (nSPS) is 11.4. The van der Waals surface area contributed by atoms with Crippen LogP contribution in [0.15, 0.2) is 53.4 Å². The molecule has 6 nitrogen and oxygen atoms in total. The zero-order valence-corrected chi connectivity index (χ0v) is 13.6. The average Bonchev–Trinajstić information content (AvgIpc) is 2.95. The highest BCUT2D eigenvalue weighted by atomic mass is 32.2. The van der Waals surface area contributed by atoms with Gasteiger partial charge in [-0.1, -0.05) is 17.7 Å². The second-order valence-corrected chi connectivity index (χ2v) is 6.92. The summed E-state index contributed by atoms with van der Waals surface area (Å²) in [4.78, 5) is 4.47. The molecule has 0 unspecified atom stereocenters. The number of nitrogens with zero attached hydrogens (tertiary/aromatic N) is 2. The van der Waals surface area contributed by atoms with Gasteiger partial charge in [-0.15, -0.1) is 0 Å². The lowest BCUT2D eigenvalue weighted by molar-refractivity contribution is 0.601. The SMILES string of the molecule is Cc1ccc(S(=O)(=O)Nc2ccc(-c3n[nH]c(C)n3)cc2)cc1. The molecule has 2 aromatic carbocycles. The van der Waals surface area contributed by atoms with Gasteiger partial charge in [0, 0.05) is 11.3 Å². The highest BCUT2D eigenvalue weighted by Crippen LogP contribution is 2.20. The topological polar surface area (TPSA) is 87.7 Å². The molecule has 118 valence electrons. The number of hydrogen-bond donors (Lipinski definition) is 2. The van der Waals surface area contributed by atoms with E-state index in [1.807, 2.05) is 13.8 Å². The van der Waals surface area contributed by atoms with Crippen molar-refractivity contribution in [3.8, 4) is 11.4 Å². The van der Waals surface area contributed by atoms with E-state index >= 15 is 0 Å². The van der Waals surface area contributed by atoms with Crippen LogP contribution in [0.1, 0.15) is 11.4 Å². The maximum absolute atomic E-state index is 12.3. The molecule has 0 spiro atoms. The van der Waals surface area contributed by atoms with Gasteiger partial charge in [-0.2, -0.15) is 5.10 Å². The Balaban J connectivity index is 1.81. The third-order valence-electron chi connectivity index (χ3n) is 3.32. The fraction of sp³-hybridized carbons (Fsp3) is 0.125. The van der Waals surface area contributed by atoms with Crippen molar-refractivity contribution in [2.75, 3.05) is 4.72 Å². The summed E-state index contributed by atoms with van der Waals surface area (Å²) in [5.74, 6) is 1.31. The molecule has 0 amide bonds. The lowest BCUT2D eigenvalue weighted by atomic mass is 10.2. The van der Waals surface area contributed by atoms with Gasteiger partial charge in [0.2, 0.25) is 0 Å². The maximum Gasteiger partial charge on any atom is 0.261 e. The van der Waals surface area contributed by atoms with E-state index in [1.165, 1.54) is 0 Å². The summed E-state index contributed by atoms with van der Waals surface area (Å²) in [6.45, 7) is 3.73. The van der Waals surface area contributed by atoms with Gasteiger partial charge in [0.1, 0.15) is 5.82 Å². The van der Waals surface area contributed by atoms with Gasteiger partial charge in [0.25, 0.3) is 10.0 Å². The molecule has 3 rings (SSSR count). The number of rotatable bonds is 4. The number of H-pyrrole nitrogens is 1. The Kier molecular flexibility index (Phi) is 3.87. The standard InChI is InChI=1S/C16H16N4O2S/c1-11-3-9-15(10-4-11)23(21,22)20-14-7-5-13(6-8-14)16-17-12(2)18-19-16/h3-10,20H,1-2H3,(H,17,18,19). The van der Waals surface area contributed by atoms with E-state index < -0.39 is 10.0 Å². The molecule has 3 aromatic rings. The highest BCUT2D eigenvalue weighted by Gasteiger charge is 2.14. The van der Waals surface area contributed by atoms with Crippen LogP contribution in [-0.4, -0.2) is 23.6 Å². The molecule has 0 saturated heterocycles. The summed E-state index contributed by atoms with van der Waals surface area (Å²) in [5.41, 5.74) is 2.31. The van der Waals surface area contributed by atoms with Crippen molar-refractivity contribution in [3.05, 3.63) is 59.9 Å². The molecule has 0 saturated carbocycles. The third kappa shape index (κ3) is 3.40. The lowest BCUT2D eigenvalue weighted by Gasteiger charge is -2.08. The van der Waals surface area contributed by atoms with E-state index in [2.05, 4.69) is 19.9 Å². The van der Waals surface area contributed by atoms with Crippen LogP contribution in [0.4, 0.5) is 5.69 Å². The quantitative estimate of drug-likeness (QED) is 0.771. The predicted octanol–water partition coefficient (Wildman–Crippen LogP) is 2.89. The number of aromatic nitrogens is 3. The molecule has 0 aliphatic rings. The minimum Gasteiger partial charge on any atom is -0.280 e. The molecule has 0 radical (unpaired) electrons. The van der Waals surface area contributed by atoms with Crippen LogP contribution in [0.25, 0.3) is 11.4 Å². The van der Waals surface area contributed by atoms with Crippen LogP contribution in [-0.2, 0) is 10.0 Å². The first-order chi connectivity index (χ1) is 10.9. The molecule has 1 heterocycles. The summed E-state index contributed by atoms with van der Waals surface area (Å²) in [6.07, 6.45) is 0. The van der Waals surface area contributed by atoms with Crippen LogP contribution < -0.4 is 4.72 Å². The van der Waals surface area contributed by atoms with Gasteiger partial charge in [-0.3, -0.25) is 9.82 Å². The van der Waals surface area contributed by atoms with Crippen molar-refractivity contribution in [3.63, 3.8) is 0 Å². The summed E-state index contributed by atoms with van der Waals surface area (Å²) in [6, 6.07) is 13.6. The van der Waals surface area contributed by atoms with Crippen LogP contribution in [0.5, 0.6) is 0 Å². The minimum absolute atomic E-state index is 0.233. The average molecular weight is 328 g/mol. The Bertz CT molecular complexity index is 913. The Hall–Kier alpha value is -2.67. The van der Waals surface area contributed by atoms with Gasteiger partial charge < -0.3 is 0 Å². The molecule has 1 aromatic heterocycles. The van der Waals surface area contributed by atoms with Crippen LogP contribution >= 0.6 is 0 Å². The number of hydrogen-bond acceptors (Lipinski definition) is 4. The molecular weight excluding hydrogens is 312 g/mol. The molecule has 0 aliphatic heterocycles. The Morgan fingerprint density at radius 1 is 0.957 bits per heavy atom. The van der Waals surface area contributed by atoms with Gasteiger partial charge in [0.15, 0.2) is 5.82 Å². The van der Waals surface area contributed by atoms with Crippen LogP contribution in [0, 0.1) is 13.8 Å². The zero-order chi connectivity index (χ0) is 16.4. The Labute approximate surface area is 134 Å². The van der Waals surface area contributed by atoms with Crippen molar-refractivity contribution >= 4 is 15.7 Å². The van der Waals surface area contributed by atoms with Crippen molar-refractivity contribution in [1.82, 2.24) is 15.2 Å². The minimum atomic E-state index is -3.59. The number of anilines is 1. The first-order valence-corrected chi connectivity index (χ1v) is 8.51. The molecule has 0 aliphatic carbocycles. The number of nitrogens with one attached hydrogen (secondary N) is 2. The number of benzene rings is 2. The molecule has 23 heavy (non-hydrogen) atoms. The van der Waals surface area contributed by atoms with Crippen molar-refractivity contribution in [2.24, 2.45) is 0 Å². The van der Waals surface area contributed by atoms with E-state index in [0.717, 1.165) is 17.0 Å². The number of aryl methyl sites for hydroxylation is 2. The van der Waals surface area contributed by atoms with Crippen molar-refractivity contribution < 1.29 is 8.42 Å². The highest BCUT2D eigenvalue weighted by molar-refractivity contribution is 7.92. The van der Waals surface area contributed by atoms with Crippen LogP contribution in [0.3, 0.4) is 0 Å². The summed E-state index contributed by atoms with van der Waals surface area (Å²) in [7, 11) is -3.59. The Morgan fingerprint density at radius 3 is 2.17 bits per heavy atom. The first kappa shape index (κ1) is 15.2. The van der Waals surface area contributed by atoms with E-state index in [1.54, 1.807) is 48.5 Å². The van der Waals surface area contributed by atoms with Gasteiger partial charge in [0.05, 0.1) is 4.90 Å². The maximum atomic E-state index is 12.3. The number of aromatic amines is 1. The number of sulfonamides is 1. The monoisotopic (exact) mass is 328 g/mol. The summed E-state index contributed by atoms with van der Waals surface area (Å²) in [5, 5.41) is 6.84. The molecule has 2 N–H and O–H groups in total. The molecule has 7 heteroatoms. The van der Waals surface area contributed by atoms with Crippen LogP contribution in [0.2, 0.25) is 0 Å². The fourth-order valence-corrected chi connectivity index (χ4v) is 3.15. The molecule has 0 fully saturated rings. The van der Waals surface area contributed by atoms with Gasteiger partial charge in [-0.05, 0) is 50.2 Å². The smallest absolute Gasteiger partial charge is 0.261 e. The van der Waals surface area contributed by atoms with Crippen molar-refractivity contribution in [2.45, 2.75) is 18.7 Å². The predicted molar refractivity (Wildman–Crippen MR) is 88.5 cm³/mol. The van der Waals surface area contributed by atoms with Gasteiger partial charge >= 0.3 is 0 Å². The van der Waals surface area contributed by atoms with E-state index in [-0.39, 0.29) is 4.90 Å². The molecule has 0 atom stereocenters.